The third kappa shape index (κ3) is 6.13. The van der Waals surface area contributed by atoms with Crippen LogP contribution in [-0.2, 0) is 20.7 Å². The standard InChI is InChI=1S/C21H31NO4/c1-21(2,3)26-20(24)18(22-14-6-5-7-15-22)13-10-16-8-11-17(12-9-16)19(23)25-4/h8-9,11-12,18H,5-7,10,13-15H2,1-4H3. The average Bonchev–Trinajstić information content (AvgIpc) is 2.61. The van der Waals surface area contributed by atoms with E-state index in [2.05, 4.69) is 4.90 Å². The van der Waals surface area contributed by atoms with Crippen molar-refractivity contribution in [3.8, 4) is 0 Å². The summed E-state index contributed by atoms with van der Waals surface area (Å²) in [6.45, 7) is 7.62. The SMILES string of the molecule is COC(=O)c1ccc(CCC(C(=O)OC(C)(C)C)N2CCCCC2)cc1. The van der Waals surface area contributed by atoms with Gasteiger partial charge >= 0.3 is 11.9 Å². The monoisotopic (exact) mass is 361 g/mol. The number of hydrogen-bond acceptors (Lipinski definition) is 5. The van der Waals surface area contributed by atoms with Crippen LogP contribution in [0, 0.1) is 0 Å². The molecule has 0 spiro atoms. The first-order valence-corrected chi connectivity index (χ1v) is 9.44. The van der Waals surface area contributed by atoms with Crippen LogP contribution in [0.2, 0.25) is 0 Å². The summed E-state index contributed by atoms with van der Waals surface area (Å²) in [5.74, 6) is -0.470. The Morgan fingerprint density at radius 1 is 1.08 bits per heavy atom. The van der Waals surface area contributed by atoms with E-state index in [4.69, 9.17) is 9.47 Å². The summed E-state index contributed by atoms with van der Waals surface area (Å²) in [5.41, 5.74) is 1.16. The van der Waals surface area contributed by atoms with Gasteiger partial charge in [-0.2, -0.15) is 0 Å². The molecule has 0 bridgehead atoms. The maximum Gasteiger partial charge on any atom is 0.337 e. The molecule has 1 saturated heterocycles. The molecule has 1 heterocycles. The number of hydrogen-bond donors (Lipinski definition) is 0. The number of piperidine rings is 1. The van der Waals surface area contributed by atoms with Gasteiger partial charge in [-0.3, -0.25) is 9.69 Å². The molecule has 0 N–H and O–H groups in total. The van der Waals surface area contributed by atoms with Crippen molar-refractivity contribution in [2.24, 2.45) is 0 Å². The number of benzene rings is 1. The highest BCUT2D eigenvalue weighted by Gasteiger charge is 2.30. The molecule has 0 amide bonds. The Labute approximate surface area is 156 Å². The van der Waals surface area contributed by atoms with Crippen LogP contribution in [0.15, 0.2) is 24.3 Å². The lowest BCUT2D eigenvalue weighted by Gasteiger charge is -2.34. The van der Waals surface area contributed by atoms with Crippen molar-refractivity contribution in [3.05, 3.63) is 35.4 Å². The lowest BCUT2D eigenvalue weighted by molar-refractivity contribution is -0.162. The second-order valence-corrected chi connectivity index (χ2v) is 7.87. The fraction of sp³-hybridized carbons (Fsp3) is 0.619. The van der Waals surface area contributed by atoms with Gasteiger partial charge in [-0.1, -0.05) is 18.6 Å². The third-order valence-electron chi connectivity index (χ3n) is 4.59. The van der Waals surface area contributed by atoms with Crippen molar-refractivity contribution in [2.45, 2.75) is 64.5 Å². The van der Waals surface area contributed by atoms with Crippen molar-refractivity contribution in [1.29, 1.82) is 0 Å². The second-order valence-electron chi connectivity index (χ2n) is 7.87. The predicted octanol–water partition coefficient (Wildman–Crippen LogP) is 3.60. The number of carbonyl (C=O) groups is 2. The lowest BCUT2D eigenvalue weighted by atomic mass is 10.0. The molecule has 1 atom stereocenters. The van der Waals surface area contributed by atoms with Crippen molar-refractivity contribution in [1.82, 2.24) is 4.90 Å². The number of methoxy groups -OCH3 is 1. The first-order valence-electron chi connectivity index (χ1n) is 9.44. The Balaban J connectivity index is 2.03. The molecule has 5 heteroatoms. The van der Waals surface area contributed by atoms with Gasteiger partial charge in [-0.15, -0.1) is 0 Å². The smallest absolute Gasteiger partial charge is 0.337 e. The lowest BCUT2D eigenvalue weighted by Crippen LogP contribution is -2.46. The minimum absolute atomic E-state index is 0.134. The van der Waals surface area contributed by atoms with E-state index < -0.39 is 5.60 Å². The molecule has 1 aliphatic rings. The van der Waals surface area contributed by atoms with E-state index in [1.807, 2.05) is 32.9 Å². The summed E-state index contributed by atoms with van der Waals surface area (Å²) < 4.78 is 10.4. The van der Waals surface area contributed by atoms with Crippen LogP contribution < -0.4 is 0 Å². The van der Waals surface area contributed by atoms with Crippen LogP contribution in [0.5, 0.6) is 0 Å². The zero-order valence-electron chi connectivity index (χ0n) is 16.4. The summed E-state index contributed by atoms with van der Waals surface area (Å²) in [5, 5.41) is 0. The average molecular weight is 361 g/mol. The molecule has 144 valence electrons. The van der Waals surface area contributed by atoms with Crippen LogP contribution in [0.3, 0.4) is 0 Å². The van der Waals surface area contributed by atoms with Gasteiger partial charge in [0.2, 0.25) is 0 Å². The molecule has 2 rings (SSSR count). The molecule has 5 nitrogen and oxygen atoms in total. The second kappa shape index (κ2) is 9.17. The molecule has 0 saturated carbocycles. The van der Waals surface area contributed by atoms with Crippen LogP contribution in [0.4, 0.5) is 0 Å². The molecular weight excluding hydrogens is 330 g/mol. The van der Waals surface area contributed by atoms with Gasteiger partial charge in [-0.25, -0.2) is 4.79 Å². The fourth-order valence-corrected chi connectivity index (χ4v) is 3.28. The molecule has 0 aromatic heterocycles. The van der Waals surface area contributed by atoms with Gasteiger partial charge < -0.3 is 9.47 Å². The number of rotatable bonds is 6. The summed E-state index contributed by atoms with van der Waals surface area (Å²) >= 11 is 0. The Morgan fingerprint density at radius 3 is 2.23 bits per heavy atom. The Hall–Kier alpha value is -1.88. The van der Waals surface area contributed by atoms with Gasteiger partial charge in [0.1, 0.15) is 11.6 Å². The molecule has 1 unspecified atom stereocenters. The van der Waals surface area contributed by atoms with E-state index >= 15 is 0 Å². The Morgan fingerprint density at radius 2 is 1.69 bits per heavy atom. The largest absolute Gasteiger partial charge is 0.465 e. The zero-order valence-corrected chi connectivity index (χ0v) is 16.4. The predicted molar refractivity (Wildman–Crippen MR) is 101 cm³/mol. The summed E-state index contributed by atoms with van der Waals surface area (Å²) in [6, 6.07) is 7.17. The topological polar surface area (TPSA) is 55.8 Å². The number of likely N-dealkylation sites (tertiary alicyclic amines) is 1. The molecule has 1 aliphatic heterocycles. The van der Waals surface area contributed by atoms with Crippen LogP contribution in [-0.4, -0.2) is 48.7 Å². The molecule has 26 heavy (non-hydrogen) atoms. The quantitative estimate of drug-likeness (QED) is 0.725. The highest BCUT2D eigenvalue weighted by molar-refractivity contribution is 5.89. The fourth-order valence-electron chi connectivity index (χ4n) is 3.28. The van der Waals surface area contributed by atoms with E-state index in [0.717, 1.165) is 37.9 Å². The molecule has 1 aromatic carbocycles. The number of esters is 2. The maximum atomic E-state index is 12.7. The first-order chi connectivity index (χ1) is 12.3. The van der Waals surface area contributed by atoms with Gasteiger partial charge in [0.15, 0.2) is 0 Å². The Bertz CT molecular complexity index is 597. The number of nitrogens with zero attached hydrogens (tertiary/aromatic N) is 1. The zero-order chi connectivity index (χ0) is 19.2. The van der Waals surface area contributed by atoms with Gasteiger partial charge in [0, 0.05) is 0 Å². The van der Waals surface area contributed by atoms with Crippen molar-refractivity contribution in [2.75, 3.05) is 20.2 Å². The van der Waals surface area contributed by atoms with E-state index in [1.54, 1.807) is 12.1 Å². The minimum atomic E-state index is -0.479. The first kappa shape index (κ1) is 20.4. The van der Waals surface area contributed by atoms with Crippen molar-refractivity contribution in [3.63, 3.8) is 0 Å². The molecule has 0 radical (unpaired) electrons. The van der Waals surface area contributed by atoms with Gasteiger partial charge in [0.25, 0.3) is 0 Å². The van der Waals surface area contributed by atoms with E-state index in [9.17, 15) is 9.59 Å². The van der Waals surface area contributed by atoms with Crippen molar-refractivity contribution < 1.29 is 19.1 Å². The summed E-state index contributed by atoms with van der Waals surface area (Å²) in [6.07, 6.45) is 4.97. The third-order valence-corrected chi connectivity index (χ3v) is 4.59. The maximum absolute atomic E-state index is 12.7. The van der Waals surface area contributed by atoms with E-state index in [1.165, 1.54) is 13.5 Å². The molecular formula is C21H31NO4. The normalized spacial score (nSPS) is 16.8. The highest BCUT2D eigenvalue weighted by atomic mass is 16.6. The van der Waals surface area contributed by atoms with Crippen LogP contribution in [0.1, 0.15) is 62.4 Å². The van der Waals surface area contributed by atoms with Crippen LogP contribution in [0.25, 0.3) is 0 Å². The molecule has 1 aromatic rings. The number of aryl methyl sites for hydroxylation is 1. The van der Waals surface area contributed by atoms with Crippen molar-refractivity contribution >= 4 is 11.9 Å². The van der Waals surface area contributed by atoms with Gasteiger partial charge in [-0.05, 0) is 77.2 Å². The number of ether oxygens (including phenoxy) is 2. The van der Waals surface area contributed by atoms with Crippen LogP contribution >= 0.6 is 0 Å². The highest BCUT2D eigenvalue weighted by Crippen LogP contribution is 2.20. The molecule has 0 aliphatic carbocycles. The van der Waals surface area contributed by atoms with E-state index in [-0.39, 0.29) is 18.0 Å². The molecule has 1 fully saturated rings. The Kier molecular flexibility index (Phi) is 7.21. The summed E-state index contributed by atoms with van der Waals surface area (Å²) in [4.78, 5) is 26.5. The van der Waals surface area contributed by atoms with E-state index in [0.29, 0.717) is 12.0 Å². The summed E-state index contributed by atoms with van der Waals surface area (Å²) in [7, 11) is 1.38. The minimum Gasteiger partial charge on any atom is -0.465 e. The van der Waals surface area contributed by atoms with Gasteiger partial charge in [0.05, 0.1) is 12.7 Å². The number of carbonyl (C=O) groups excluding carboxylic acids is 2.